The van der Waals surface area contributed by atoms with Gasteiger partial charge in [-0.1, -0.05) is 65.2 Å². The first-order valence-corrected chi connectivity index (χ1v) is 15.0. The molecule has 1 aliphatic heterocycles. The summed E-state index contributed by atoms with van der Waals surface area (Å²) >= 11 is 0. The molecule has 5 rings (SSSR count). The summed E-state index contributed by atoms with van der Waals surface area (Å²) in [4.78, 5) is 54.7. The van der Waals surface area contributed by atoms with E-state index in [4.69, 9.17) is 18.7 Å². The maximum absolute atomic E-state index is 13.2. The summed E-state index contributed by atoms with van der Waals surface area (Å²) in [5.74, 6) is -0.671. The van der Waals surface area contributed by atoms with E-state index in [1.54, 1.807) is 12.1 Å². The van der Waals surface area contributed by atoms with Crippen LogP contribution in [0.2, 0.25) is 0 Å². The quantitative estimate of drug-likeness (QED) is 0.0908. The molecule has 2 fully saturated rings. The second-order valence-corrected chi connectivity index (χ2v) is 11.3. The molecule has 1 saturated heterocycles. The number of aromatic nitrogens is 2. The highest BCUT2D eigenvalue weighted by Crippen LogP contribution is 2.42. The molecule has 2 heterocycles. The van der Waals surface area contributed by atoms with Gasteiger partial charge in [0, 0.05) is 17.2 Å². The lowest BCUT2D eigenvalue weighted by atomic mass is 10.00. The van der Waals surface area contributed by atoms with Gasteiger partial charge in [-0.15, -0.1) is 0 Å². The minimum absolute atomic E-state index is 0.0226. The van der Waals surface area contributed by atoms with Crippen LogP contribution in [0, 0.1) is 0 Å². The van der Waals surface area contributed by atoms with Crippen molar-refractivity contribution in [2.75, 3.05) is 6.61 Å². The van der Waals surface area contributed by atoms with Gasteiger partial charge in [0.1, 0.15) is 25.4 Å². The van der Waals surface area contributed by atoms with E-state index in [2.05, 4.69) is 14.8 Å². The fourth-order valence-electron chi connectivity index (χ4n) is 5.18. The van der Waals surface area contributed by atoms with Crippen molar-refractivity contribution in [3.8, 4) is 11.5 Å². The number of H-pyrrole nitrogens is 1. The number of benzene rings is 2. The predicted octanol–water partition coefficient (Wildman–Crippen LogP) is 2.16. The Morgan fingerprint density at radius 3 is 2.49 bits per heavy atom. The fourth-order valence-corrected chi connectivity index (χ4v) is 6.13. The molecule has 236 valence electrons. The number of carbonyl (C=O) groups is 1. The zero-order valence-electron chi connectivity index (χ0n) is 23.7. The molecule has 1 unspecified atom stereocenters. The summed E-state index contributed by atoms with van der Waals surface area (Å²) in [6.07, 6.45) is -2.09. The lowest BCUT2D eigenvalue weighted by Crippen LogP contribution is -2.46. The van der Waals surface area contributed by atoms with Crippen LogP contribution < -0.4 is 25.4 Å². The molecule has 0 amide bonds. The number of hydrogen-bond donors (Lipinski definition) is 3. The van der Waals surface area contributed by atoms with E-state index in [9.17, 15) is 35.0 Å². The van der Waals surface area contributed by atoms with E-state index in [1.807, 2.05) is 35.3 Å². The normalized spacial score (nSPS) is 24.1. The summed E-state index contributed by atoms with van der Waals surface area (Å²) in [6, 6.07) is 16.1. The van der Waals surface area contributed by atoms with Crippen molar-refractivity contribution in [1.82, 2.24) is 9.55 Å². The molecule has 0 spiro atoms. The van der Waals surface area contributed by atoms with Crippen LogP contribution in [-0.2, 0) is 20.9 Å². The number of para-hydroxylation sites is 2. The summed E-state index contributed by atoms with van der Waals surface area (Å²) in [5.41, 5.74) is 4.82. The minimum atomic E-state index is -2.81. The van der Waals surface area contributed by atoms with E-state index in [0.717, 1.165) is 22.4 Å². The second kappa shape index (κ2) is 13.6. The van der Waals surface area contributed by atoms with Gasteiger partial charge < -0.3 is 29.3 Å². The molecule has 3 N–H and O–H groups in total. The van der Waals surface area contributed by atoms with Crippen LogP contribution in [0.4, 0.5) is 0 Å². The topological polar surface area (TPSA) is 233 Å². The number of ether oxygens (including phenoxy) is 3. The van der Waals surface area contributed by atoms with Gasteiger partial charge in [0.25, 0.3) is 5.56 Å². The molecule has 1 aliphatic carbocycles. The molecule has 3 aromatic rings. The number of nitrogens with zero attached hydrogens (tertiary/aromatic N) is 5. The van der Waals surface area contributed by atoms with Gasteiger partial charge in [0.05, 0.1) is 0 Å². The number of esters is 1. The Morgan fingerprint density at radius 1 is 1.11 bits per heavy atom. The Kier molecular flexibility index (Phi) is 9.63. The third kappa shape index (κ3) is 6.91. The van der Waals surface area contributed by atoms with Gasteiger partial charge in [-0.3, -0.25) is 18.9 Å². The molecule has 0 radical (unpaired) electrons. The molecule has 1 aromatic heterocycles. The van der Waals surface area contributed by atoms with Crippen molar-refractivity contribution in [1.29, 1.82) is 0 Å². The number of nitrogens with one attached hydrogen (secondary N) is 1. The first kappa shape index (κ1) is 31.9. The first-order valence-electron chi connectivity index (χ1n) is 13.9. The zero-order valence-corrected chi connectivity index (χ0v) is 24.6. The lowest BCUT2D eigenvalue weighted by molar-refractivity contribution is -0.171. The number of aromatic amines is 1. The number of carbonyl (C=O) groups excluding carboxylic acids is 1. The highest BCUT2D eigenvalue weighted by atomic mass is 31.1. The molecule has 0 bridgehead atoms. The highest BCUT2D eigenvalue weighted by Gasteiger charge is 2.56. The Bertz CT molecular complexity index is 1720. The zero-order chi connectivity index (χ0) is 32.0. The Hall–Kier alpha value is -4.56. The van der Waals surface area contributed by atoms with Crippen LogP contribution in [0.25, 0.3) is 10.4 Å². The largest absolute Gasteiger partial charge is 0.575 e. The number of azide groups is 1. The molecule has 2 aliphatic rings. The Balaban J connectivity index is 1.32. The third-order valence-corrected chi connectivity index (χ3v) is 8.40. The Labute approximate surface area is 256 Å². The van der Waals surface area contributed by atoms with Crippen LogP contribution in [0.3, 0.4) is 0 Å². The summed E-state index contributed by atoms with van der Waals surface area (Å²) in [5, 5.41) is 25.0. The van der Waals surface area contributed by atoms with Crippen LogP contribution in [-0.4, -0.2) is 55.8 Å². The molecule has 1 saturated carbocycles. The monoisotopic (exact) mass is 640 g/mol. The summed E-state index contributed by atoms with van der Waals surface area (Å²) < 4.78 is 27.6. The predicted molar refractivity (Wildman–Crippen MR) is 155 cm³/mol. The van der Waals surface area contributed by atoms with Gasteiger partial charge in [-0.05, 0) is 36.1 Å². The SMILES string of the molecule is [N-]=[N+]=N[C@]1(COc2ccccc2O[P+]([O-])=NC2(C(=O)OCc3ccccc3)CCCC2)O[C@@H](n2ccc(=O)[nH]c2=O)[C@H](O)[C@@H]1O. The minimum Gasteiger partial charge on any atom is -0.575 e. The molecular weight excluding hydrogens is 611 g/mol. The van der Waals surface area contributed by atoms with E-state index in [1.165, 1.54) is 12.1 Å². The molecule has 17 heteroatoms. The smallest absolute Gasteiger partial charge is 0.395 e. The van der Waals surface area contributed by atoms with Crippen molar-refractivity contribution < 1.29 is 38.6 Å². The molecule has 45 heavy (non-hydrogen) atoms. The van der Waals surface area contributed by atoms with Crippen molar-refractivity contribution in [2.24, 2.45) is 9.86 Å². The standard InChI is InChI=1S/C28H29N6O10P/c29-33-31-28(23(37)22(36)24(43-28)34-15-12-21(35)30-26(34)39)17-42-19-10-4-5-11-20(19)44-45(40)32-27(13-6-7-14-27)25(38)41-16-18-8-2-1-3-9-18/h1-5,8-12,15,22-24,36-37H,6-7,13-14,16-17H2,(H,30,35,39)/t22-,23+,24-,28-/m1/s1. The fraction of sp³-hybridized carbons (Fsp3) is 0.393. The van der Waals surface area contributed by atoms with E-state index < -0.39 is 61.7 Å². The average Bonchev–Trinajstić information content (AvgIpc) is 3.60. The summed E-state index contributed by atoms with van der Waals surface area (Å²) in [7, 11) is -2.81. The van der Waals surface area contributed by atoms with E-state index in [-0.39, 0.29) is 18.1 Å². The van der Waals surface area contributed by atoms with Gasteiger partial charge in [-0.25, -0.2) is 9.59 Å². The molecule has 5 atom stereocenters. The van der Waals surface area contributed by atoms with Crippen LogP contribution in [0.5, 0.6) is 11.5 Å². The summed E-state index contributed by atoms with van der Waals surface area (Å²) in [6.45, 7) is -0.646. The number of aliphatic hydroxyl groups is 2. The van der Waals surface area contributed by atoms with Crippen LogP contribution >= 0.6 is 8.17 Å². The maximum atomic E-state index is 13.2. The molecular formula is C28H29N6O10P. The van der Waals surface area contributed by atoms with Crippen molar-refractivity contribution in [3.05, 3.63) is 104 Å². The van der Waals surface area contributed by atoms with Crippen molar-refractivity contribution >= 4 is 14.1 Å². The van der Waals surface area contributed by atoms with Crippen LogP contribution in [0.1, 0.15) is 37.5 Å². The third-order valence-electron chi connectivity index (χ3n) is 7.50. The highest BCUT2D eigenvalue weighted by molar-refractivity contribution is 7.34. The van der Waals surface area contributed by atoms with Gasteiger partial charge in [0.2, 0.25) is 17.0 Å². The van der Waals surface area contributed by atoms with Gasteiger partial charge in [-0.2, -0.15) is 0 Å². The maximum Gasteiger partial charge on any atom is 0.395 e. The second-order valence-electron chi connectivity index (χ2n) is 10.5. The van der Waals surface area contributed by atoms with Gasteiger partial charge >= 0.3 is 19.8 Å². The van der Waals surface area contributed by atoms with Crippen molar-refractivity contribution in [3.63, 3.8) is 0 Å². The average molecular weight is 641 g/mol. The lowest BCUT2D eigenvalue weighted by Gasteiger charge is -2.26. The first-order chi connectivity index (χ1) is 21.7. The Morgan fingerprint density at radius 2 is 1.80 bits per heavy atom. The van der Waals surface area contributed by atoms with Crippen LogP contribution in [0.15, 0.2) is 86.3 Å². The van der Waals surface area contributed by atoms with E-state index in [0.29, 0.717) is 25.7 Å². The number of hydrogen-bond acceptors (Lipinski definition) is 12. The molecule has 2 aromatic carbocycles. The number of aliphatic hydroxyl groups excluding tert-OH is 2. The van der Waals surface area contributed by atoms with E-state index >= 15 is 0 Å². The van der Waals surface area contributed by atoms with Crippen molar-refractivity contribution in [2.45, 2.75) is 62.0 Å². The van der Waals surface area contributed by atoms with Gasteiger partial charge in [0.15, 0.2) is 12.0 Å². The number of rotatable bonds is 11. The molecule has 16 nitrogen and oxygen atoms in total.